The van der Waals surface area contributed by atoms with E-state index in [0.29, 0.717) is 30.4 Å². The molecule has 3 heterocycles. The highest BCUT2D eigenvalue weighted by atomic mass is 16.6. The lowest BCUT2D eigenvalue weighted by atomic mass is 10.1. The first kappa shape index (κ1) is 22.4. The van der Waals surface area contributed by atoms with Gasteiger partial charge in [0.15, 0.2) is 23.9 Å². The van der Waals surface area contributed by atoms with Crippen LogP contribution >= 0.6 is 0 Å². The van der Waals surface area contributed by atoms with Crippen LogP contribution in [0.3, 0.4) is 0 Å². The Kier molecular flexibility index (Phi) is 6.04. The summed E-state index contributed by atoms with van der Waals surface area (Å²) in [5.41, 5.74) is 8.29. The number of ether oxygens (including phenoxy) is 3. The van der Waals surface area contributed by atoms with E-state index in [-0.39, 0.29) is 43.2 Å². The lowest BCUT2D eigenvalue weighted by Crippen LogP contribution is -2.27. The summed E-state index contributed by atoms with van der Waals surface area (Å²) in [4.78, 5) is 39.3. The van der Waals surface area contributed by atoms with Crippen LogP contribution in [0.5, 0.6) is 11.5 Å². The molecule has 1 fully saturated rings. The molecule has 1 saturated heterocycles. The Hall–Kier alpha value is -4.41. The van der Waals surface area contributed by atoms with Gasteiger partial charge in [-0.25, -0.2) is 0 Å². The Morgan fingerprint density at radius 1 is 1.14 bits per heavy atom. The quantitative estimate of drug-likeness (QED) is 0.509. The zero-order valence-corrected chi connectivity index (χ0v) is 19.1. The van der Waals surface area contributed by atoms with Crippen LogP contribution in [-0.4, -0.2) is 46.6 Å². The van der Waals surface area contributed by atoms with Gasteiger partial charge >= 0.3 is 5.97 Å². The number of hydrogen-bond donors (Lipinski definition) is 2. The van der Waals surface area contributed by atoms with Crippen molar-refractivity contribution in [3.63, 3.8) is 0 Å². The van der Waals surface area contributed by atoms with E-state index in [1.165, 1.54) is 0 Å². The number of amides is 1. The van der Waals surface area contributed by atoms with E-state index in [2.05, 4.69) is 20.3 Å². The number of carbonyl (C=O) groups excluding carboxylic acids is 2. The zero-order chi connectivity index (χ0) is 24.4. The number of carbonyl (C=O) groups is 2. The number of nitrogens with two attached hydrogens (primary N) is 1. The number of esters is 1. The first-order valence-electron chi connectivity index (χ1n) is 11.2. The lowest BCUT2D eigenvalue weighted by molar-refractivity contribution is -0.149. The molecule has 2 aromatic carbocycles. The third kappa shape index (κ3) is 4.93. The van der Waals surface area contributed by atoms with Gasteiger partial charge in [0.25, 0.3) is 0 Å². The van der Waals surface area contributed by atoms with Gasteiger partial charge in [-0.1, -0.05) is 18.2 Å². The highest BCUT2D eigenvalue weighted by Crippen LogP contribution is 2.36. The summed E-state index contributed by atoms with van der Waals surface area (Å²) in [6, 6.07) is 12.9. The normalized spacial score (nSPS) is 16.8. The first-order chi connectivity index (χ1) is 17.0. The minimum Gasteiger partial charge on any atom is -0.486 e. The molecule has 0 aliphatic carbocycles. The molecule has 180 valence electrons. The molecule has 5 rings (SSSR count). The van der Waals surface area contributed by atoms with E-state index in [4.69, 9.17) is 19.9 Å². The molecule has 3 N–H and O–H groups in total. The topological polar surface area (TPSA) is 142 Å². The standard InChI is InChI=1S/C24H24N6O5/c1-14-4-2-3-5-17(14)26-24-28-20(27-23(25)29-24)13-35-22(32)15-10-21(31)30(12-15)16-6-7-18-19(11-16)34-9-8-33-18/h2-7,11,15H,8-10,12-13H2,1H3,(H3,25,26,27,28,29)/t15-/m1/s1. The van der Waals surface area contributed by atoms with Gasteiger partial charge in [-0.05, 0) is 30.7 Å². The van der Waals surface area contributed by atoms with E-state index < -0.39 is 11.9 Å². The molecule has 2 aliphatic rings. The van der Waals surface area contributed by atoms with Gasteiger partial charge in [0.05, 0.1) is 5.92 Å². The maximum Gasteiger partial charge on any atom is 0.311 e. The Labute approximate surface area is 201 Å². The number of hydrogen-bond acceptors (Lipinski definition) is 10. The van der Waals surface area contributed by atoms with E-state index >= 15 is 0 Å². The molecule has 1 aromatic heterocycles. The van der Waals surface area contributed by atoms with Gasteiger partial charge in [-0.3, -0.25) is 9.59 Å². The number of anilines is 4. The van der Waals surface area contributed by atoms with Gasteiger partial charge in [0.1, 0.15) is 13.2 Å². The molecule has 1 atom stereocenters. The van der Waals surface area contributed by atoms with Crippen molar-refractivity contribution < 1.29 is 23.8 Å². The van der Waals surface area contributed by atoms with Gasteiger partial charge in [0, 0.05) is 30.4 Å². The van der Waals surface area contributed by atoms with E-state index in [1.807, 2.05) is 31.2 Å². The van der Waals surface area contributed by atoms with Gasteiger partial charge < -0.3 is 30.2 Å². The van der Waals surface area contributed by atoms with Crippen LogP contribution in [0.4, 0.5) is 23.3 Å². The molecule has 35 heavy (non-hydrogen) atoms. The lowest BCUT2D eigenvalue weighted by Gasteiger charge is -2.22. The van der Waals surface area contributed by atoms with Crippen LogP contribution in [0.25, 0.3) is 0 Å². The van der Waals surface area contributed by atoms with Gasteiger partial charge in [-0.2, -0.15) is 15.0 Å². The predicted molar refractivity (Wildman–Crippen MR) is 126 cm³/mol. The molecule has 0 saturated carbocycles. The Balaban J connectivity index is 1.22. The van der Waals surface area contributed by atoms with Crippen molar-refractivity contribution in [2.45, 2.75) is 20.0 Å². The van der Waals surface area contributed by atoms with Crippen molar-refractivity contribution in [2.24, 2.45) is 5.92 Å². The van der Waals surface area contributed by atoms with Gasteiger partial charge in [0.2, 0.25) is 17.8 Å². The second-order valence-electron chi connectivity index (χ2n) is 8.21. The fraction of sp³-hybridized carbons (Fsp3) is 0.292. The fourth-order valence-electron chi connectivity index (χ4n) is 3.96. The Bertz CT molecular complexity index is 1280. The van der Waals surface area contributed by atoms with Crippen LogP contribution in [0.15, 0.2) is 42.5 Å². The largest absolute Gasteiger partial charge is 0.486 e. The summed E-state index contributed by atoms with van der Waals surface area (Å²) in [6.45, 7) is 2.90. The van der Waals surface area contributed by atoms with Crippen molar-refractivity contribution in [3.8, 4) is 11.5 Å². The SMILES string of the molecule is Cc1ccccc1Nc1nc(N)nc(COC(=O)[C@@H]2CC(=O)N(c3ccc4c(c3)OCCO4)C2)n1. The first-order valence-corrected chi connectivity index (χ1v) is 11.2. The smallest absolute Gasteiger partial charge is 0.311 e. The second-order valence-corrected chi connectivity index (χ2v) is 8.21. The van der Waals surface area contributed by atoms with Crippen molar-refractivity contribution >= 4 is 35.1 Å². The number of rotatable bonds is 6. The summed E-state index contributed by atoms with van der Waals surface area (Å²) < 4.78 is 16.5. The predicted octanol–water partition coefficient (Wildman–Crippen LogP) is 2.37. The summed E-state index contributed by atoms with van der Waals surface area (Å²) in [5, 5.41) is 3.09. The van der Waals surface area contributed by atoms with Crippen molar-refractivity contribution in [1.29, 1.82) is 0 Å². The van der Waals surface area contributed by atoms with Crippen LogP contribution in [0.1, 0.15) is 17.8 Å². The van der Waals surface area contributed by atoms with E-state index in [9.17, 15) is 9.59 Å². The molecule has 3 aromatic rings. The van der Waals surface area contributed by atoms with Crippen LogP contribution in [-0.2, 0) is 20.9 Å². The van der Waals surface area contributed by atoms with Crippen LogP contribution < -0.4 is 25.4 Å². The van der Waals surface area contributed by atoms with Crippen molar-refractivity contribution in [2.75, 3.05) is 35.7 Å². The zero-order valence-electron chi connectivity index (χ0n) is 19.1. The summed E-state index contributed by atoms with van der Waals surface area (Å²) >= 11 is 0. The Morgan fingerprint density at radius 3 is 2.77 bits per heavy atom. The average Bonchev–Trinajstić information content (AvgIpc) is 3.25. The number of nitrogens with zero attached hydrogens (tertiary/aromatic N) is 4. The molecule has 11 nitrogen and oxygen atoms in total. The van der Waals surface area contributed by atoms with E-state index in [0.717, 1.165) is 11.3 Å². The van der Waals surface area contributed by atoms with Crippen LogP contribution in [0.2, 0.25) is 0 Å². The molecule has 2 aliphatic heterocycles. The van der Waals surface area contributed by atoms with Crippen LogP contribution in [0, 0.1) is 12.8 Å². The highest BCUT2D eigenvalue weighted by Gasteiger charge is 2.36. The fourth-order valence-corrected chi connectivity index (χ4v) is 3.96. The molecule has 0 spiro atoms. The summed E-state index contributed by atoms with van der Waals surface area (Å²) in [5.74, 6) is 0.380. The molecule has 0 bridgehead atoms. The number of fused-ring (bicyclic) bond motifs is 1. The Morgan fingerprint density at radius 2 is 1.94 bits per heavy atom. The molecule has 0 unspecified atom stereocenters. The maximum atomic E-state index is 12.7. The average molecular weight is 476 g/mol. The number of nitrogen functional groups attached to an aromatic ring is 1. The second kappa shape index (κ2) is 9.45. The van der Waals surface area contributed by atoms with E-state index in [1.54, 1.807) is 23.1 Å². The highest BCUT2D eigenvalue weighted by molar-refractivity contribution is 5.99. The number of para-hydroxylation sites is 1. The molecular weight excluding hydrogens is 452 g/mol. The maximum absolute atomic E-state index is 12.7. The number of aromatic nitrogens is 3. The number of aryl methyl sites for hydroxylation is 1. The summed E-state index contributed by atoms with van der Waals surface area (Å²) in [7, 11) is 0. The van der Waals surface area contributed by atoms with Crippen molar-refractivity contribution in [1.82, 2.24) is 15.0 Å². The van der Waals surface area contributed by atoms with Gasteiger partial charge in [-0.15, -0.1) is 0 Å². The minimum absolute atomic E-state index is 0.00274. The number of benzene rings is 2. The van der Waals surface area contributed by atoms with Crippen molar-refractivity contribution in [3.05, 3.63) is 53.9 Å². The monoisotopic (exact) mass is 476 g/mol. The third-order valence-electron chi connectivity index (χ3n) is 5.73. The molecule has 1 amide bonds. The molecular formula is C24H24N6O5. The molecule has 11 heteroatoms. The summed E-state index contributed by atoms with van der Waals surface area (Å²) in [6.07, 6.45) is 0.0483. The number of nitrogens with one attached hydrogen (secondary N) is 1. The molecule has 0 radical (unpaired) electrons. The third-order valence-corrected chi connectivity index (χ3v) is 5.73. The minimum atomic E-state index is -0.612.